The van der Waals surface area contributed by atoms with E-state index in [-0.39, 0.29) is 5.56 Å². The molecule has 0 heterocycles. The van der Waals surface area contributed by atoms with Crippen molar-refractivity contribution in [2.75, 3.05) is 5.32 Å². The third-order valence-corrected chi connectivity index (χ3v) is 2.47. The second-order valence-corrected chi connectivity index (χ2v) is 4.47. The Labute approximate surface area is 99.6 Å². The zero-order valence-electron chi connectivity index (χ0n) is 10.1. The molecule has 0 aliphatic carbocycles. The molecule has 0 fully saturated rings. The maximum absolute atomic E-state index is 11.2. The van der Waals surface area contributed by atoms with Gasteiger partial charge in [0.05, 0.1) is 5.56 Å². The van der Waals surface area contributed by atoms with Crippen LogP contribution in [-0.2, 0) is 4.79 Å². The highest BCUT2D eigenvalue weighted by atomic mass is 16.4. The molecule has 4 N–H and O–H groups in total. The molecule has 0 atom stereocenters. The van der Waals surface area contributed by atoms with E-state index >= 15 is 0 Å². The van der Waals surface area contributed by atoms with Crippen LogP contribution in [0.25, 0.3) is 0 Å². The first-order chi connectivity index (χ1) is 7.74. The molecule has 92 valence electrons. The van der Waals surface area contributed by atoms with Gasteiger partial charge >= 0.3 is 5.97 Å². The second-order valence-electron chi connectivity index (χ2n) is 4.47. The molecule has 0 aromatic heterocycles. The number of hydrogen-bond acceptors (Lipinski definition) is 3. The molecule has 5 heteroatoms. The van der Waals surface area contributed by atoms with E-state index in [2.05, 4.69) is 5.32 Å². The molecule has 0 bridgehead atoms. The molecule has 0 saturated heterocycles. The fourth-order valence-corrected chi connectivity index (χ4v) is 1.34. The van der Waals surface area contributed by atoms with Crippen molar-refractivity contribution in [3.63, 3.8) is 0 Å². The molecule has 1 aromatic rings. The van der Waals surface area contributed by atoms with E-state index in [1.165, 1.54) is 0 Å². The normalized spacial score (nSPS) is 11.0. The summed E-state index contributed by atoms with van der Waals surface area (Å²) < 4.78 is 0. The first-order valence-corrected chi connectivity index (χ1v) is 5.16. The molecule has 0 aliphatic rings. The molecular formula is C12H16N2O3. The van der Waals surface area contributed by atoms with Crippen LogP contribution in [0.5, 0.6) is 0 Å². The molecule has 0 aliphatic heterocycles. The summed E-state index contributed by atoms with van der Waals surface area (Å²) in [6.07, 6.45) is 0. The summed E-state index contributed by atoms with van der Waals surface area (Å²) in [4.78, 5) is 22.3. The summed E-state index contributed by atoms with van der Waals surface area (Å²) in [6, 6.07) is 4.94. The summed E-state index contributed by atoms with van der Waals surface area (Å²) in [5.41, 5.74) is 5.57. The number of carbonyl (C=O) groups is 2. The van der Waals surface area contributed by atoms with Gasteiger partial charge in [0.15, 0.2) is 0 Å². The van der Waals surface area contributed by atoms with E-state index in [9.17, 15) is 9.59 Å². The zero-order chi connectivity index (χ0) is 13.2. The molecule has 0 saturated carbocycles. The van der Waals surface area contributed by atoms with Gasteiger partial charge in [0.25, 0.3) is 0 Å². The van der Waals surface area contributed by atoms with E-state index in [4.69, 9.17) is 10.8 Å². The lowest BCUT2D eigenvalue weighted by molar-refractivity contribution is -0.121. The highest BCUT2D eigenvalue weighted by Gasteiger charge is 2.26. The lowest BCUT2D eigenvalue weighted by Gasteiger charge is -2.24. The highest BCUT2D eigenvalue weighted by molar-refractivity contribution is 5.96. The Morgan fingerprint density at radius 2 is 1.94 bits per heavy atom. The summed E-state index contributed by atoms with van der Waals surface area (Å²) in [6.45, 7) is 5.00. The van der Waals surface area contributed by atoms with Gasteiger partial charge < -0.3 is 16.2 Å². The van der Waals surface area contributed by atoms with Crippen molar-refractivity contribution in [1.82, 2.24) is 0 Å². The first-order valence-electron chi connectivity index (χ1n) is 5.16. The monoisotopic (exact) mass is 236 g/mol. The number of aryl methyl sites for hydroxylation is 1. The molecule has 1 amide bonds. The van der Waals surface area contributed by atoms with Crippen molar-refractivity contribution in [2.45, 2.75) is 26.3 Å². The van der Waals surface area contributed by atoms with Crippen molar-refractivity contribution in [1.29, 1.82) is 0 Å². The maximum Gasteiger partial charge on any atom is 0.337 e. The van der Waals surface area contributed by atoms with Crippen LogP contribution in [0, 0.1) is 6.92 Å². The summed E-state index contributed by atoms with van der Waals surface area (Å²) >= 11 is 0. The van der Waals surface area contributed by atoms with E-state index < -0.39 is 17.4 Å². The Hall–Kier alpha value is -2.04. The fraction of sp³-hybridized carbons (Fsp3) is 0.333. The number of benzene rings is 1. The number of anilines is 1. The molecular weight excluding hydrogens is 220 g/mol. The lowest BCUT2D eigenvalue weighted by atomic mass is 10.0. The van der Waals surface area contributed by atoms with Crippen molar-refractivity contribution in [3.05, 3.63) is 29.3 Å². The van der Waals surface area contributed by atoms with Gasteiger partial charge in [-0.25, -0.2) is 4.79 Å². The van der Waals surface area contributed by atoms with Crippen LogP contribution in [0.4, 0.5) is 5.69 Å². The number of amides is 1. The number of nitrogens with one attached hydrogen (secondary N) is 1. The third-order valence-electron chi connectivity index (χ3n) is 2.47. The minimum Gasteiger partial charge on any atom is -0.478 e. The van der Waals surface area contributed by atoms with Crippen molar-refractivity contribution in [2.24, 2.45) is 5.73 Å². The van der Waals surface area contributed by atoms with E-state index in [1.807, 2.05) is 0 Å². The van der Waals surface area contributed by atoms with Gasteiger partial charge in [-0.2, -0.15) is 0 Å². The molecule has 0 spiro atoms. The van der Waals surface area contributed by atoms with Crippen molar-refractivity contribution >= 4 is 17.6 Å². The Bertz CT molecular complexity index is 467. The van der Waals surface area contributed by atoms with E-state index in [0.717, 1.165) is 5.56 Å². The van der Waals surface area contributed by atoms with Crippen LogP contribution in [0.2, 0.25) is 0 Å². The van der Waals surface area contributed by atoms with Gasteiger partial charge in [-0.15, -0.1) is 0 Å². The maximum atomic E-state index is 11.2. The van der Waals surface area contributed by atoms with Crippen LogP contribution in [0.1, 0.15) is 29.8 Å². The number of nitrogens with two attached hydrogens (primary N) is 1. The molecule has 1 aromatic carbocycles. The summed E-state index contributed by atoms with van der Waals surface area (Å²) in [5, 5.41) is 11.9. The number of aromatic carboxylic acids is 1. The minimum atomic E-state index is -1.04. The standard InChI is InChI=1S/C12H16N2O3/c1-7-4-5-9(8(6-7)10(15)16)14-12(2,3)11(13)17/h4-6,14H,1-3H3,(H2,13,17)(H,15,16). The highest BCUT2D eigenvalue weighted by Crippen LogP contribution is 2.21. The number of rotatable bonds is 4. The molecule has 0 radical (unpaired) electrons. The molecule has 5 nitrogen and oxygen atoms in total. The predicted octanol–water partition coefficient (Wildman–Crippen LogP) is 1.37. The Balaban J connectivity index is 3.15. The van der Waals surface area contributed by atoms with Crippen LogP contribution in [0.15, 0.2) is 18.2 Å². The van der Waals surface area contributed by atoms with E-state index in [0.29, 0.717) is 5.69 Å². The topological polar surface area (TPSA) is 92.4 Å². The number of carboxylic acid groups (broad SMARTS) is 1. The average molecular weight is 236 g/mol. The van der Waals surface area contributed by atoms with Gasteiger partial charge in [-0.05, 0) is 32.9 Å². The van der Waals surface area contributed by atoms with Crippen LogP contribution in [-0.4, -0.2) is 22.5 Å². The largest absolute Gasteiger partial charge is 0.478 e. The smallest absolute Gasteiger partial charge is 0.337 e. The second kappa shape index (κ2) is 4.45. The molecule has 17 heavy (non-hydrogen) atoms. The lowest BCUT2D eigenvalue weighted by Crippen LogP contribution is -2.45. The van der Waals surface area contributed by atoms with Crippen molar-refractivity contribution < 1.29 is 14.7 Å². The first kappa shape index (κ1) is 13.0. The van der Waals surface area contributed by atoms with E-state index in [1.54, 1.807) is 39.0 Å². The molecule has 0 unspecified atom stereocenters. The number of carboxylic acids is 1. The Kier molecular flexibility index (Phi) is 3.41. The number of carbonyl (C=O) groups excluding carboxylic acids is 1. The molecule has 1 rings (SSSR count). The Morgan fingerprint density at radius 1 is 1.35 bits per heavy atom. The van der Waals surface area contributed by atoms with Gasteiger partial charge in [0.2, 0.25) is 5.91 Å². The summed E-state index contributed by atoms with van der Waals surface area (Å²) in [7, 11) is 0. The zero-order valence-corrected chi connectivity index (χ0v) is 10.1. The van der Waals surface area contributed by atoms with Crippen LogP contribution in [0.3, 0.4) is 0 Å². The van der Waals surface area contributed by atoms with Gasteiger partial charge in [-0.1, -0.05) is 11.6 Å². The number of primary amides is 1. The quantitative estimate of drug-likeness (QED) is 0.736. The predicted molar refractivity (Wildman–Crippen MR) is 65.0 cm³/mol. The van der Waals surface area contributed by atoms with Gasteiger partial charge in [0.1, 0.15) is 5.54 Å². The van der Waals surface area contributed by atoms with Gasteiger partial charge in [-0.3, -0.25) is 4.79 Å². The fourth-order valence-electron chi connectivity index (χ4n) is 1.34. The van der Waals surface area contributed by atoms with Gasteiger partial charge in [0, 0.05) is 5.69 Å². The number of hydrogen-bond donors (Lipinski definition) is 3. The van der Waals surface area contributed by atoms with Crippen molar-refractivity contribution in [3.8, 4) is 0 Å². The third kappa shape index (κ3) is 2.96. The summed E-state index contributed by atoms with van der Waals surface area (Å²) in [5.74, 6) is -1.59. The Morgan fingerprint density at radius 3 is 2.41 bits per heavy atom. The van der Waals surface area contributed by atoms with Crippen LogP contribution >= 0.6 is 0 Å². The SMILES string of the molecule is Cc1ccc(NC(C)(C)C(N)=O)c(C(=O)O)c1. The van der Waals surface area contributed by atoms with Crippen LogP contribution < -0.4 is 11.1 Å². The average Bonchev–Trinajstić information content (AvgIpc) is 2.19. The minimum absolute atomic E-state index is 0.124.